The molecular formula is C18H18BrClN2O3S. The number of halogens is 2. The first-order chi connectivity index (χ1) is 12.3. The average molecular weight is 458 g/mol. The summed E-state index contributed by atoms with van der Waals surface area (Å²) in [5.74, 6) is -0.0799. The standard InChI is InChI=1S/C18H18BrClN2O3S/c1-13-2-4-14(5-3-13)18(23)21-8-10-22(11-9-21)26(24,25)17-7-6-15(19)12-16(17)20/h2-7,12H,8-11H2,1H3. The molecule has 1 saturated heterocycles. The van der Waals surface area contributed by atoms with Gasteiger partial charge in [-0.3, -0.25) is 4.79 Å². The van der Waals surface area contributed by atoms with E-state index in [0.29, 0.717) is 18.7 Å². The molecule has 0 bridgehead atoms. The molecular weight excluding hydrogens is 440 g/mol. The van der Waals surface area contributed by atoms with Crippen molar-refractivity contribution < 1.29 is 13.2 Å². The maximum absolute atomic E-state index is 12.8. The third-order valence-electron chi connectivity index (χ3n) is 4.34. The molecule has 0 spiro atoms. The minimum atomic E-state index is -3.69. The number of piperazine rings is 1. The molecule has 26 heavy (non-hydrogen) atoms. The van der Waals surface area contributed by atoms with Crippen LogP contribution in [-0.4, -0.2) is 49.7 Å². The van der Waals surface area contributed by atoms with E-state index in [0.717, 1.165) is 10.0 Å². The Kier molecular flexibility index (Phi) is 5.72. The molecule has 1 fully saturated rings. The van der Waals surface area contributed by atoms with E-state index in [4.69, 9.17) is 11.6 Å². The molecule has 1 aliphatic rings. The van der Waals surface area contributed by atoms with Crippen LogP contribution in [0.3, 0.4) is 0 Å². The number of nitrogens with zero attached hydrogens (tertiary/aromatic N) is 2. The lowest BCUT2D eigenvalue weighted by atomic mass is 10.1. The highest BCUT2D eigenvalue weighted by molar-refractivity contribution is 9.10. The first-order valence-corrected chi connectivity index (χ1v) is 10.7. The van der Waals surface area contributed by atoms with E-state index >= 15 is 0 Å². The quantitative estimate of drug-likeness (QED) is 0.708. The number of carbonyl (C=O) groups excluding carboxylic acids is 1. The summed E-state index contributed by atoms with van der Waals surface area (Å²) < 4.78 is 27.7. The van der Waals surface area contributed by atoms with E-state index in [1.807, 2.05) is 19.1 Å². The lowest BCUT2D eigenvalue weighted by Gasteiger charge is -2.34. The van der Waals surface area contributed by atoms with Gasteiger partial charge < -0.3 is 4.90 Å². The van der Waals surface area contributed by atoms with Gasteiger partial charge >= 0.3 is 0 Å². The zero-order valence-electron chi connectivity index (χ0n) is 14.2. The molecule has 0 aromatic heterocycles. The largest absolute Gasteiger partial charge is 0.336 e. The average Bonchev–Trinajstić information content (AvgIpc) is 2.61. The molecule has 0 N–H and O–H groups in total. The van der Waals surface area contributed by atoms with Crippen molar-refractivity contribution in [2.75, 3.05) is 26.2 Å². The van der Waals surface area contributed by atoms with Crippen LogP contribution in [-0.2, 0) is 10.0 Å². The van der Waals surface area contributed by atoms with Crippen molar-refractivity contribution >= 4 is 43.5 Å². The van der Waals surface area contributed by atoms with E-state index in [1.54, 1.807) is 29.2 Å². The topological polar surface area (TPSA) is 57.7 Å². The van der Waals surface area contributed by atoms with Gasteiger partial charge in [-0.2, -0.15) is 4.31 Å². The second-order valence-corrected chi connectivity index (χ2v) is 9.37. The predicted molar refractivity (Wildman–Crippen MR) is 105 cm³/mol. The van der Waals surface area contributed by atoms with Gasteiger partial charge in [0.05, 0.1) is 5.02 Å². The molecule has 1 amide bonds. The fraction of sp³-hybridized carbons (Fsp3) is 0.278. The Morgan fingerprint density at radius 3 is 2.23 bits per heavy atom. The third-order valence-corrected chi connectivity index (χ3v) is 7.21. The van der Waals surface area contributed by atoms with Crippen LogP contribution in [0.25, 0.3) is 0 Å². The van der Waals surface area contributed by atoms with Gasteiger partial charge in [-0.05, 0) is 37.3 Å². The Labute approximate surface area is 166 Å². The van der Waals surface area contributed by atoms with E-state index in [1.165, 1.54) is 10.4 Å². The van der Waals surface area contributed by atoms with Gasteiger partial charge in [0, 0.05) is 36.2 Å². The van der Waals surface area contributed by atoms with Crippen LogP contribution in [0.2, 0.25) is 5.02 Å². The SMILES string of the molecule is Cc1ccc(C(=O)N2CCN(S(=O)(=O)c3ccc(Br)cc3Cl)CC2)cc1. The maximum atomic E-state index is 12.8. The number of carbonyl (C=O) groups is 1. The van der Waals surface area contributed by atoms with Crippen molar-refractivity contribution in [1.29, 1.82) is 0 Å². The van der Waals surface area contributed by atoms with Crippen LogP contribution in [0.1, 0.15) is 15.9 Å². The lowest BCUT2D eigenvalue weighted by molar-refractivity contribution is 0.0698. The monoisotopic (exact) mass is 456 g/mol. The van der Waals surface area contributed by atoms with Crippen LogP contribution >= 0.6 is 27.5 Å². The summed E-state index contributed by atoms with van der Waals surface area (Å²) in [7, 11) is -3.69. The first kappa shape index (κ1) is 19.4. The molecule has 1 aliphatic heterocycles. The summed E-state index contributed by atoms with van der Waals surface area (Å²) in [6.07, 6.45) is 0. The second-order valence-electron chi connectivity index (χ2n) is 6.14. The molecule has 0 atom stereocenters. The molecule has 3 rings (SSSR count). The Hall–Kier alpha value is -1.41. The lowest BCUT2D eigenvalue weighted by Crippen LogP contribution is -2.50. The number of rotatable bonds is 3. The number of aryl methyl sites for hydroxylation is 1. The molecule has 138 valence electrons. The third kappa shape index (κ3) is 3.96. The van der Waals surface area contributed by atoms with Crippen LogP contribution in [0.5, 0.6) is 0 Å². The Morgan fingerprint density at radius 1 is 1.04 bits per heavy atom. The number of benzene rings is 2. The molecule has 2 aromatic rings. The highest BCUT2D eigenvalue weighted by Crippen LogP contribution is 2.28. The number of hydrogen-bond acceptors (Lipinski definition) is 3. The van der Waals surface area contributed by atoms with Crippen LogP contribution in [0.15, 0.2) is 51.8 Å². The second kappa shape index (κ2) is 7.68. The molecule has 0 aliphatic carbocycles. The van der Waals surface area contributed by atoms with Crippen molar-refractivity contribution in [1.82, 2.24) is 9.21 Å². The molecule has 1 heterocycles. The van der Waals surface area contributed by atoms with Crippen LogP contribution in [0, 0.1) is 6.92 Å². The minimum Gasteiger partial charge on any atom is -0.336 e. The predicted octanol–water partition coefficient (Wildman–Crippen LogP) is 3.56. The minimum absolute atomic E-state index is 0.0799. The summed E-state index contributed by atoms with van der Waals surface area (Å²) in [6.45, 7) is 3.14. The summed E-state index contributed by atoms with van der Waals surface area (Å²) in [5, 5.41) is 0.178. The first-order valence-electron chi connectivity index (χ1n) is 8.10. The van der Waals surface area contributed by atoms with Gasteiger partial charge in [0.15, 0.2) is 0 Å². The van der Waals surface area contributed by atoms with Gasteiger partial charge in [-0.15, -0.1) is 0 Å². The van der Waals surface area contributed by atoms with E-state index in [-0.39, 0.29) is 28.9 Å². The van der Waals surface area contributed by atoms with Crippen molar-refractivity contribution in [2.24, 2.45) is 0 Å². The normalized spacial score (nSPS) is 15.9. The molecule has 0 saturated carbocycles. The van der Waals surface area contributed by atoms with Crippen molar-refractivity contribution in [3.63, 3.8) is 0 Å². The highest BCUT2D eigenvalue weighted by Gasteiger charge is 2.31. The number of hydrogen-bond donors (Lipinski definition) is 0. The van der Waals surface area contributed by atoms with Crippen molar-refractivity contribution in [3.8, 4) is 0 Å². The molecule has 8 heteroatoms. The van der Waals surface area contributed by atoms with Gasteiger partial charge in [-0.1, -0.05) is 45.2 Å². The molecule has 5 nitrogen and oxygen atoms in total. The van der Waals surface area contributed by atoms with Gasteiger partial charge in [0.2, 0.25) is 10.0 Å². The van der Waals surface area contributed by atoms with Gasteiger partial charge in [0.25, 0.3) is 5.91 Å². The Morgan fingerprint density at radius 2 is 1.65 bits per heavy atom. The smallest absolute Gasteiger partial charge is 0.253 e. The van der Waals surface area contributed by atoms with E-state index in [2.05, 4.69) is 15.9 Å². The van der Waals surface area contributed by atoms with Crippen LogP contribution in [0.4, 0.5) is 0 Å². The zero-order valence-corrected chi connectivity index (χ0v) is 17.3. The van der Waals surface area contributed by atoms with Crippen molar-refractivity contribution in [3.05, 3.63) is 63.1 Å². The number of sulfonamides is 1. The van der Waals surface area contributed by atoms with Crippen molar-refractivity contribution in [2.45, 2.75) is 11.8 Å². The highest BCUT2D eigenvalue weighted by atomic mass is 79.9. The zero-order chi connectivity index (χ0) is 18.9. The van der Waals surface area contributed by atoms with Gasteiger partial charge in [0.1, 0.15) is 4.90 Å². The molecule has 0 radical (unpaired) electrons. The summed E-state index contributed by atoms with van der Waals surface area (Å²) >= 11 is 9.38. The van der Waals surface area contributed by atoms with Gasteiger partial charge in [-0.25, -0.2) is 8.42 Å². The number of amides is 1. The maximum Gasteiger partial charge on any atom is 0.253 e. The Balaban J connectivity index is 1.71. The van der Waals surface area contributed by atoms with Crippen LogP contribution < -0.4 is 0 Å². The fourth-order valence-electron chi connectivity index (χ4n) is 2.83. The Bertz CT molecular complexity index is 924. The fourth-order valence-corrected chi connectivity index (χ4v) is 5.27. The van der Waals surface area contributed by atoms with E-state index < -0.39 is 10.0 Å². The molecule has 0 unspecified atom stereocenters. The molecule has 2 aromatic carbocycles. The summed E-state index contributed by atoms with van der Waals surface area (Å²) in [5.41, 5.74) is 1.70. The summed E-state index contributed by atoms with van der Waals surface area (Å²) in [6, 6.07) is 12.1. The van der Waals surface area contributed by atoms with E-state index in [9.17, 15) is 13.2 Å². The summed E-state index contributed by atoms with van der Waals surface area (Å²) in [4.78, 5) is 14.3.